The van der Waals surface area contributed by atoms with Gasteiger partial charge in [-0.2, -0.15) is 0 Å². The van der Waals surface area contributed by atoms with Gasteiger partial charge in [0.25, 0.3) is 0 Å². The van der Waals surface area contributed by atoms with Crippen molar-refractivity contribution in [3.63, 3.8) is 0 Å². The Kier molecular flexibility index (Phi) is 3.61. The molecule has 0 fully saturated rings. The van der Waals surface area contributed by atoms with Crippen LogP contribution in [-0.4, -0.2) is 0 Å². The first-order valence-electron chi connectivity index (χ1n) is 5.85. The van der Waals surface area contributed by atoms with E-state index in [1.807, 2.05) is 43.3 Å². The van der Waals surface area contributed by atoms with E-state index in [1.165, 1.54) is 0 Å². The first-order chi connectivity index (χ1) is 8.33. The van der Waals surface area contributed by atoms with Crippen LogP contribution in [-0.2, 0) is 0 Å². The lowest BCUT2D eigenvalue weighted by molar-refractivity contribution is 0.989. The summed E-state index contributed by atoms with van der Waals surface area (Å²) < 4.78 is 0. The van der Waals surface area contributed by atoms with Crippen LogP contribution in [0.2, 0.25) is 0 Å². The van der Waals surface area contributed by atoms with Crippen LogP contribution in [0.25, 0.3) is 5.70 Å². The summed E-state index contributed by atoms with van der Waals surface area (Å²) in [4.78, 5) is 0. The van der Waals surface area contributed by atoms with Crippen molar-refractivity contribution in [1.82, 2.24) is 0 Å². The molecule has 0 saturated heterocycles. The van der Waals surface area contributed by atoms with E-state index in [1.54, 1.807) is 0 Å². The second-order valence-electron chi connectivity index (χ2n) is 4.03. The average molecular weight is 223 g/mol. The molecule has 2 N–H and O–H groups in total. The summed E-state index contributed by atoms with van der Waals surface area (Å²) in [5.74, 6) is 0.283. The molecule has 1 aromatic rings. The van der Waals surface area contributed by atoms with E-state index in [9.17, 15) is 0 Å². The van der Waals surface area contributed by atoms with Gasteiger partial charge in [-0.3, -0.25) is 0 Å². The van der Waals surface area contributed by atoms with Crippen molar-refractivity contribution in [3.8, 4) is 0 Å². The molecule has 86 valence electrons. The highest BCUT2D eigenvalue weighted by Gasteiger charge is 2.12. The number of rotatable bonds is 2. The zero-order valence-corrected chi connectivity index (χ0v) is 10.0. The Morgan fingerprint density at radius 1 is 1.18 bits per heavy atom. The highest BCUT2D eigenvalue weighted by molar-refractivity contribution is 5.70. The van der Waals surface area contributed by atoms with Crippen LogP contribution in [0.3, 0.4) is 0 Å². The van der Waals surface area contributed by atoms with Gasteiger partial charge in [-0.1, -0.05) is 66.8 Å². The van der Waals surface area contributed by atoms with Crippen molar-refractivity contribution in [2.24, 2.45) is 11.7 Å². The Morgan fingerprint density at radius 3 is 2.65 bits per heavy atom. The highest BCUT2D eigenvalue weighted by atomic mass is 14.6. The minimum Gasteiger partial charge on any atom is -0.398 e. The Labute approximate surface area is 103 Å². The maximum atomic E-state index is 6.25. The number of allylic oxidation sites excluding steroid dienone is 7. The molecule has 1 unspecified atom stereocenters. The molecule has 1 heteroatoms. The van der Waals surface area contributed by atoms with Crippen molar-refractivity contribution in [2.75, 3.05) is 0 Å². The topological polar surface area (TPSA) is 26.0 Å². The van der Waals surface area contributed by atoms with Crippen molar-refractivity contribution >= 4 is 5.70 Å². The standard InChI is InChI=1S/C16H17N/c1-2-8-13-9-6-7-12-15(13)16(17)14-10-4-3-5-11-14/h2-13H,17H2,1H3/b8-2-,16-15-. The summed E-state index contributed by atoms with van der Waals surface area (Å²) in [6.45, 7) is 2.03. The largest absolute Gasteiger partial charge is 0.398 e. The van der Waals surface area contributed by atoms with Gasteiger partial charge < -0.3 is 5.73 Å². The Balaban J connectivity index is 2.42. The van der Waals surface area contributed by atoms with E-state index in [0.717, 1.165) is 16.8 Å². The molecule has 0 spiro atoms. The fourth-order valence-electron chi connectivity index (χ4n) is 1.99. The fraction of sp³-hybridized carbons (Fsp3) is 0.125. The lowest BCUT2D eigenvalue weighted by atomic mass is 9.90. The van der Waals surface area contributed by atoms with Crippen LogP contribution in [0.5, 0.6) is 0 Å². The van der Waals surface area contributed by atoms with Gasteiger partial charge in [-0.25, -0.2) is 0 Å². The maximum Gasteiger partial charge on any atom is 0.0429 e. The molecule has 0 heterocycles. The molecular formula is C16H17N. The highest BCUT2D eigenvalue weighted by Crippen LogP contribution is 2.26. The van der Waals surface area contributed by atoms with E-state index in [2.05, 4.69) is 30.4 Å². The van der Waals surface area contributed by atoms with Gasteiger partial charge in [-0.15, -0.1) is 0 Å². The summed E-state index contributed by atoms with van der Waals surface area (Å²) in [5, 5.41) is 0. The van der Waals surface area contributed by atoms with Gasteiger partial charge >= 0.3 is 0 Å². The molecule has 1 aromatic carbocycles. The van der Waals surface area contributed by atoms with Crippen LogP contribution in [0.1, 0.15) is 12.5 Å². The van der Waals surface area contributed by atoms with Gasteiger partial charge in [0, 0.05) is 11.6 Å². The Morgan fingerprint density at radius 2 is 1.94 bits per heavy atom. The molecule has 0 saturated carbocycles. The first kappa shape index (κ1) is 11.5. The van der Waals surface area contributed by atoms with Gasteiger partial charge in [-0.05, 0) is 18.1 Å². The third-order valence-corrected chi connectivity index (χ3v) is 2.86. The first-order valence-corrected chi connectivity index (χ1v) is 5.85. The third-order valence-electron chi connectivity index (χ3n) is 2.86. The van der Waals surface area contributed by atoms with Crippen molar-refractivity contribution in [1.29, 1.82) is 0 Å². The van der Waals surface area contributed by atoms with E-state index in [4.69, 9.17) is 5.73 Å². The lowest BCUT2D eigenvalue weighted by Crippen LogP contribution is -2.07. The number of nitrogens with two attached hydrogens (primary N) is 1. The van der Waals surface area contributed by atoms with Crippen LogP contribution in [0, 0.1) is 5.92 Å². The second-order valence-corrected chi connectivity index (χ2v) is 4.03. The molecule has 1 atom stereocenters. The molecule has 2 rings (SSSR count). The molecule has 0 aromatic heterocycles. The molecular weight excluding hydrogens is 206 g/mol. The van der Waals surface area contributed by atoms with Crippen LogP contribution < -0.4 is 5.73 Å². The molecule has 1 nitrogen and oxygen atoms in total. The predicted molar refractivity (Wildman–Crippen MR) is 74.1 cm³/mol. The summed E-state index contributed by atoms with van der Waals surface area (Å²) in [6.07, 6.45) is 12.6. The molecule has 0 aliphatic heterocycles. The smallest absolute Gasteiger partial charge is 0.0429 e. The average Bonchev–Trinajstić information content (AvgIpc) is 2.40. The van der Waals surface area contributed by atoms with Gasteiger partial charge in [0.1, 0.15) is 0 Å². The molecule has 0 radical (unpaired) electrons. The van der Waals surface area contributed by atoms with E-state index < -0.39 is 0 Å². The molecule has 1 aliphatic carbocycles. The quantitative estimate of drug-likeness (QED) is 0.760. The molecule has 0 bridgehead atoms. The second kappa shape index (κ2) is 5.35. The van der Waals surface area contributed by atoms with Gasteiger partial charge in [0.2, 0.25) is 0 Å². The molecule has 0 amide bonds. The zero-order chi connectivity index (χ0) is 12.1. The molecule has 1 aliphatic rings. The van der Waals surface area contributed by atoms with Gasteiger partial charge in [0.15, 0.2) is 0 Å². The van der Waals surface area contributed by atoms with E-state index in [0.29, 0.717) is 0 Å². The maximum absolute atomic E-state index is 6.25. The van der Waals surface area contributed by atoms with Gasteiger partial charge in [0.05, 0.1) is 0 Å². The lowest BCUT2D eigenvalue weighted by Gasteiger charge is -2.16. The normalized spacial score (nSPS) is 22.1. The molecule has 17 heavy (non-hydrogen) atoms. The van der Waals surface area contributed by atoms with Crippen LogP contribution in [0.15, 0.2) is 72.4 Å². The zero-order valence-electron chi connectivity index (χ0n) is 10.0. The third kappa shape index (κ3) is 2.56. The van der Waals surface area contributed by atoms with Crippen molar-refractivity contribution in [2.45, 2.75) is 6.92 Å². The Bertz CT molecular complexity index is 490. The van der Waals surface area contributed by atoms with Crippen molar-refractivity contribution in [3.05, 3.63) is 77.9 Å². The summed E-state index contributed by atoms with van der Waals surface area (Å²) >= 11 is 0. The summed E-state index contributed by atoms with van der Waals surface area (Å²) in [5.41, 5.74) is 9.35. The number of benzene rings is 1. The number of hydrogen-bond donors (Lipinski definition) is 1. The van der Waals surface area contributed by atoms with E-state index in [-0.39, 0.29) is 5.92 Å². The minimum absolute atomic E-state index is 0.283. The van der Waals surface area contributed by atoms with E-state index >= 15 is 0 Å². The summed E-state index contributed by atoms with van der Waals surface area (Å²) in [6, 6.07) is 10.1. The Hall–Kier alpha value is -2.02. The SMILES string of the molecule is C/C=C\C1C=CC=C/C1=C(/N)c1ccccc1. The predicted octanol–water partition coefficient (Wildman–Crippen LogP) is 3.67. The van der Waals surface area contributed by atoms with Crippen molar-refractivity contribution < 1.29 is 0 Å². The fourth-order valence-corrected chi connectivity index (χ4v) is 1.99. The monoisotopic (exact) mass is 223 g/mol. The minimum atomic E-state index is 0.283. The van der Waals surface area contributed by atoms with Crippen LogP contribution in [0.4, 0.5) is 0 Å². The van der Waals surface area contributed by atoms with Crippen LogP contribution >= 0.6 is 0 Å². The number of hydrogen-bond acceptors (Lipinski definition) is 1. The summed E-state index contributed by atoms with van der Waals surface area (Å²) in [7, 11) is 0.